The molecule has 2 N–H and O–H groups in total. The highest BCUT2D eigenvalue weighted by molar-refractivity contribution is 5.80. The third-order valence-corrected chi connectivity index (χ3v) is 4.09. The van der Waals surface area contributed by atoms with E-state index < -0.39 is 0 Å². The Labute approximate surface area is 144 Å². The van der Waals surface area contributed by atoms with E-state index in [-0.39, 0.29) is 6.61 Å². The molecule has 4 aromatic rings. The van der Waals surface area contributed by atoms with Gasteiger partial charge in [0.2, 0.25) is 5.82 Å². The molecule has 0 spiro atoms. The zero-order valence-corrected chi connectivity index (χ0v) is 13.4. The number of nitrogens with zero attached hydrogens (tertiary/aromatic N) is 5. The van der Waals surface area contributed by atoms with Crippen LogP contribution in [0.5, 0.6) is 0 Å². The van der Waals surface area contributed by atoms with Crippen molar-refractivity contribution in [3.63, 3.8) is 0 Å². The van der Waals surface area contributed by atoms with Crippen molar-refractivity contribution in [1.82, 2.24) is 30.2 Å². The van der Waals surface area contributed by atoms with Gasteiger partial charge in [-0.15, -0.1) is 10.2 Å². The number of nitrogens with one attached hydrogen (secondary N) is 1. The van der Waals surface area contributed by atoms with Crippen LogP contribution in [0.2, 0.25) is 0 Å². The Bertz CT molecular complexity index is 959. The summed E-state index contributed by atoms with van der Waals surface area (Å²) in [7, 11) is 0. The molecule has 0 aliphatic heterocycles. The molecule has 7 nitrogen and oxygen atoms in total. The van der Waals surface area contributed by atoms with Crippen molar-refractivity contribution in [2.75, 3.05) is 0 Å². The maximum atomic E-state index is 9.32. The quantitative estimate of drug-likeness (QED) is 0.585. The summed E-state index contributed by atoms with van der Waals surface area (Å²) >= 11 is 0. The molecule has 0 aliphatic carbocycles. The molecule has 4 rings (SSSR count). The summed E-state index contributed by atoms with van der Waals surface area (Å²) in [6, 6.07) is 16.3. The molecule has 7 heteroatoms. The number of hydrogen-bond acceptors (Lipinski definition) is 5. The summed E-state index contributed by atoms with van der Waals surface area (Å²) in [6.07, 6.45) is 3.40. The number of imidazole rings is 1. The van der Waals surface area contributed by atoms with Crippen LogP contribution in [-0.4, -0.2) is 35.3 Å². The standard InChI is InChI=1S/C18H16N6O/c25-11-15-9-19-12-24(15)10-13-5-7-14(8-6-13)16-3-1-2-4-17(16)18-20-22-23-21-18/h1-9,12,25H,10-11H2,(H,20,21,22,23). The van der Waals surface area contributed by atoms with Gasteiger partial charge in [0.15, 0.2) is 0 Å². The molecule has 2 aromatic heterocycles. The molecule has 0 aliphatic rings. The lowest BCUT2D eigenvalue weighted by Crippen LogP contribution is -2.02. The third-order valence-electron chi connectivity index (χ3n) is 4.09. The predicted octanol–water partition coefficient (Wildman–Crippen LogP) is 2.27. The maximum absolute atomic E-state index is 9.32. The monoisotopic (exact) mass is 332 g/mol. The first-order chi connectivity index (χ1) is 12.3. The van der Waals surface area contributed by atoms with Crippen molar-refractivity contribution in [3.05, 3.63) is 72.3 Å². The lowest BCUT2D eigenvalue weighted by molar-refractivity contribution is 0.271. The van der Waals surface area contributed by atoms with Gasteiger partial charge in [0.05, 0.1) is 24.8 Å². The minimum atomic E-state index is -0.0177. The number of aromatic amines is 1. The molecule has 0 fully saturated rings. The lowest BCUT2D eigenvalue weighted by atomic mass is 9.98. The van der Waals surface area contributed by atoms with Crippen molar-refractivity contribution < 1.29 is 5.11 Å². The van der Waals surface area contributed by atoms with Gasteiger partial charge in [-0.3, -0.25) is 0 Å². The molecular formula is C18H16N6O. The fraction of sp³-hybridized carbons (Fsp3) is 0.111. The Morgan fingerprint density at radius 3 is 2.52 bits per heavy atom. The molecule has 0 saturated carbocycles. The average molecular weight is 332 g/mol. The summed E-state index contributed by atoms with van der Waals surface area (Å²) in [5.74, 6) is 0.575. The zero-order valence-electron chi connectivity index (χ0n) is 13.4. The Morgan fingerprint density at radius 2 is 1.80 bits per heavy atom. The molecule has 0 saturated heterocycles. The maximum Gasteiger partial charge on any atom is 0.205 e. The molecule has 2 heterocycles. The fourth-order valence-corrected chi connectivity index (χ4v) is 2.81. The van der Waals surface area contributed by atoms with E-state index in [1.54, 1.807) is 12.5 Å². The number of aromatic nitrogens is 6. The van der Waals surface area contributed by atoms with E-state index in [0.717, 1.165) is 27.9 Å². The van der Waals surface area contributed by atoms with Gasteiger partial charge in [-0.05, 0) is 21.9 Å². The molecule has 0 radical (unpaired) electrons. The number of benzene rings is 2. The number of hydrogen-bond donors (Lipinski definition) is 2. The van der Waals surface area contributed by atoms with Crippen LogP contribution in [0, 0.1) is 0 Å². The van der Waals surface area contributed by atoms with E-state index in [1.807, 2.05) is 28.8 Å². The molecule has 25 heavy (non-hydrogen) atoms. The first-order valence-corrected chi connectivity index (χ1v) is 7.87. The average Bonchev–Trinajstić information content (AvgIpc) is 3.34. The Kier molecular flexibility index (Phi) is 4.05. The predicted molar refractivity (Wildman–Crippen MR) is 92.3 cm³/mol. The van der Waals surface area contributed by atoms with Gasteiger partial charge in [0, 0.05) is 12.1 Å². The zero-order chi connectivity index (χ0) is 17.1. The lowest BCUT2D eigenvalue weighted by Gasteiger charge is -2.09. The van der Waals surface area contributed by atoms with Crippen molar-refractivity contribution in [2.45, 2.75) is 13.2 Å². The van der Waals surface area contributed by atoms with Gasteiger partial charge >= 0.3 is 0 Å². The number of tetrazole rings is 1. The normalized spacial score (nSPS) is 10.9. The molecule has 0 bridgehead atoms. The van der Waals surface area contributed by atoms with Crippen molar-refractivity contribution in [2.24, 2.45) is 0 Å². The van der Waals surface area contributed by atoms with Crippen LogP contribution in [0.1, 0.15) is 11.3 Å². The topological polar surface area (TPSA) is 92.5 Å². The minimum Gasteiger partial charge on any atom is -0.390 e. The van der Waals surface area contributed by atoms with E-state index in [9.17, 15) is 5.11 Å². The van der Waals surface area contributed by atoms with Crippen LogP contribution < -0.4 is 0 Å². The first kappa shape index (κ1) is 15.2. The smallest absolute Gasteiger partial charge is 0.205 e. The van der Waals surface area contributed by atoms with Gasteiger partial charge in [-0.25, -0.2) is 4.98 Å². The van der Waals surface area contributed by atoms with E-state index >= 15 is 0 Å². The van der Waals surface area contributed by atoms with Crippen LogP contribution in [0.25, 0.3) is 22.5 Å². The third kappa shape index (κ3) is 3.05. The molecule has 124 valence electrons. The molecule has 0 atom stereocenters. The first-order valence-electron chi connectivity index (χ1n) is 7.87. The van der Waals surface area contributed by atoms with Crippen molar-refractivity contribution in [1.29, 1.82) is 0 Å². The summed E-state index contributed by atoms with van der Waals surface area (Å²) in [5, 5.41) is 23.6. The summed E-state index contributed by atoms with van der Waals surface area (Å²) < 4.78 is 1.93. The minimum absolute atomic E-state index is 0.0177. The number of rotatable bonds is 5. The second-order valence-corrected chi connectivity index (χ2v) is 5.65. The van der Waals surface area contributed by atoms with Crippen LogP contribution in [-0.2, 0) is 13.2 Å². The number of aliphatic hydroxyl groups excluding tert-OH is 1. The highest BCUT2D eigenvalue weighted by Crippen LogP contribution is 2.29. The second-order valence-electron chi connectivity index (χ2n) is 5.65. The fourth-order valence-electron chi connectivity index (χ4n) is 2.81. The summed E-state index contributed by atoms with van der Waals surface area (Å²) in [6.45, 7) is 0.652. The Hall–Kier alpha value is -3.32. The van der Waals surface area contributed by atoms with Crippen LogP contribution in [0.15, 0.2) is 61.1 Å². The van der Waals surface area contributed by atoms with E-state index in [2.05, 4.69) is 49.9 Å². The van der Waals surface area contributed by atoms with Gasteiger partial charge < -0.3 is 9.67 Å². The summed E-state index contributed by atoms with van der Waals surface area (Å²) in [4.78, 5) is 4.07. The van der Waals surface area contributed by atoms with Gasteiger partial charge in [-0.2, -0.15) is 5.21 Å². The molecule has 0 amide bonds. The largest absolute Gasteiger partial charge is 0.390 e. The second kappa shape index (κ2) is 6.66. The molecular weight excluding hydrogens is 316 g/mol. The van der Waals surface area contributed by atoms with Crippen LogP contribution in [0.3, 0.4) is 0 Å². The Morgan fingerprint density at radius 1 is 1.00 bits per heavy atom. The number of aliphatic hydroxyl groups is 1. The molecule has 0 unspecified atom stereocenters. The van der Waals surface area contributed by atoms with E-state index in [0.29, 0.717) is 12.4 Å². The van der Waals surface area contributed by atoms with Crippen LogP contribution >= 0.6 is 0 Å². The van der Waals surface area contributed by atoms with Crippen molar-refractivity contribution in [3.8, 4) is 22.5 Å². The van der Waals surface area contributed by atoms with E-state index in [1.165, 1.54) is 0 Å². The highest BCUT2D eigenvalue weighted by atomic mass is 16.3. The summed E-state index contributed by atoms with van der Waals surface area (Å²) in [5.41, 5.74) is 4.99. The number of H-pyrrole nitrogens is 1. The molecule has 2 aromatic carbocycles. The van der Waals surface area contributed by atoms with Crippen molar-refractivity contribution >= 4 is 0 Å². The van der Waals surface area contributed by atoms with Gasteiger partial charge in [-0.1, -0.05) is 48.5 Å². The highest BCUT2D eigenvalue weighted by Gasteiger charge is 2.10. The van der Waals surface area contributed by atoms with Gasteiger partial charge in [0.25, 0.3) is 0 Å². The Balaban J connectivity index is 1.63. The van der Waals surface area contributed by atoms with Crippen LogP contribution in [0.4, 0.5) is 0 Å². The van der Waals surface area contributed by atoms with Gasteiger partial charge in [0.1, 0.15) is 0 Å². The van der Waals surface area contributed by atoms with E-state index in [4.69, 9.17) is 0 Å². The SMILES string of the molecule is OCc1cncn1Cc1ccc(-c2ccccc2-c2nn[nH]n2)cc1.